The van der Waals surface area contributed by atoms with E-state index in [4.69, 9.17) is 16.3 Å². The van der Waals surface area contributed by atoms with Crippen molar-refractivity contribution in [2.75, 3.05) is 19.7 Å². The highest BCUT2D eigenvalue weighted by Gasteiger charge is 2.23. The fourth-order valence-corrected chi connectivity index (χ4v) is 4.44. The Morgan fingerprint density at radius 3 is 2.31 bits per heavy atom. The van der Waals surface area contributed by atoms with Crippen molar-refractivity contribution in [3.63, 3.8) is 0 Å². The second kappa shape index (κ2) is 10.6. The lowest BCUT2D eigenvalue weighted by atomic mass is 10.2. The topological polar surface area (TPSA) is 75.7 Å². The molecule has 0 atom stereocenters. The quantitative estimate of drug-likeness (QED) is 0.606. The Balaban J connectivity index is 2.12. The molecule has 0 aliphatic heterocycles. The summed E-state index contributed by atoms with van der Waals surface area (Å²) in [5, 5.41) is 2.98. The third-order valence-corrected chi connectivity index (χ3v) is 6.75. The molecule has 29 heavy (non-hydrogen) atoms. The Bertz CT molecular complexity index is 926. The molecular weight excluding hydrogens is 412 g/mol. The summed E-state index contributed by atoms with van der Waals surface area (Å²) < 4.78 is 32.3. The molecule has 6 nitrogen and oxygen atoms in total. The van der Waals surface area contributed by atoms with Gasteiger partial charge in [-0.3, -0.25) is 4.79 Å². The highest BCUT2D eigenvalue weighted by atomic mass is 35.5. The number of sulfonamides is 1. The number of nitrogens with zero attached hydrogens (tertiary/aromatic N) is 1. The molecule has 0 saturated carbocycles. The van der Waals surface area contributed by atoms with Gasteiger partial charge in [-0.2, -0.15) is 4.31 Å². The fraction of sp³-hybridized carbons (Fsp3) is 0.381. The second-order valence-electron chi connectivity index (χ2n) is 6.41. The molecule has 158 valence electrons. The van der Waals surface area contributed by atoms with Crippen molar-refractivity contribution < 1.29 is 17.9 Å². The Morgan fingerprint density at radius 2 is 1.72 bits per heavy atom. The van der Waals surface area contributed by atoms with Crippen LogP contribution in [0.15, 0.2) is 47.4 Å². The van der Waals surface area contributed by atoms with E-state index >= 15 is 0 Å². The zero-order chi connectivity index (χ0) is 21.4. The number of hydrogen-bond acceptors (Lipinski definition) is 4. The molecule has 1 N–H and O–H groups in total. The predicted octanol–water partition coefficient (Wildman–Crippen LogP) is 4.09. The molecule has 0 spiro atoms. The van der Waals surface area contributed by atoms with Crippen LogP contribution in [0.5, 0.6) is 5.75 Å². The standard InChI is InChI=1S/C21H27ClN2O4S/c1-4-13-28-17-9-7-16(8-10-17)15-23-21(25)19-14-18(11-12-20(19)22)29(26,27)24(5-2)6-3/h7-12,14H,4-6,13,15H2,1-3H3,(H,23,25). The number of carbonyl (C=O) groups excluding carboxylic acids is 1. The molecule has 2 aromatic rings. The van der Waals surface area contributed by atoms with Crippen LogP contribution in [0.25, 0.3) is 0 Å². The molecule has 8 heteroatoms. The number of halogens is 1. The van der Waals surface area contributed by atoms with Crippen LogP contribution in [0.1, 0.15) is 43.1 Å². The van der Waals surface area contributed by atoms with Crippen molar-refractivity contribution in [1.82, 2.24) is 9.62 Å². The van der Waals surface area contributed by atoms with Crippen molar-refractivity contribution in [2.24, 2.45) is 0 Å². The largest absolute Gasteiger partial charge is 0.494 e. The summed E-state index contributed by atoms with van der Waals surface area (Å²) in [6.45, 7) is 7.21. The molecule has 0 bridgehead atoms. The van der Waals surface area contributed by atoms with Crippen LogP contribution in [0.4, 0.5) is 0 Å². The minimum Gasteiger partial charge on any atom is -0.494 e. The molecule has 0 radical (unpaired) electrons. The molecule has 0 heterocycles. The summed E-state index contributed by atoms with van der Waals surface area (Å²) in [5.41, 5.74) is 1.02. The van der Waals surface area contributed by atoms with Crippen LogP contribution >= 0.6 is 11.6 Å². The summed E-state index contributed by atoms with van der Waals surface area (Å²) in [4.78, 5) is 12.7. The Hall–Kier alpha value is -2.09. The zero-order valence-electron chi connectivity index (χ0n) is 16.9. The Labute approximate surface area is 177 Å². The van der Waals surface area contributed by atoms with Crippen LogP contribution in [-0.2, 0) is 16.6 Å². The van der Waals surface area contributed by atoms with Crippen LogP contribution in [0, 0.1) is 0 Å². The van der Waals surface area contributed by atoms with E-state index in [2.05, 4.69) is 5.32 Å². The van der Waals surface area contributed by atoms with Gasteiger partial charge in [-0.25, -0.2) is 8.42 Å². The monoisotopic (exact) mass is 438 g/mol. The molecule has 0 aliphatic rings. The van der Waals surface area contributed by atoms with Gasteiger partial charge in [-0.15, -0.1) is 0 Å². The van der Waals surface area contributed by atoms with Gasteiger partial charge in [0.2, 0.25) is 10.0 Å². The number of hydrogen-bond donors (Lipinski definition) is 1. The van der Waals surface area contributed by atoms with E-state index < -0.39 is 15.9 Å². The maximum atomic E-state index is 12.7. The van der Waals surface area contributed by atoms with E-state index in [0.717, 1.165) is 17.7 Å². The average Bonchev–Trinajstić information content (AvgIpc) is 2.72. The van der Waals surface area contributed by atoms with Gasteiger partial charge in [0.25, 0.3) is 5.91 Å². The number of carbonyl (C=O) groups is 1. The van der Waals surface area contributed by atoms with Crippen LogP contribution < -0.4 is 10.1 Å². The average molecular weight is 439 g/mol. The summed E-state index contributed by atoms with van der Waals surface area (Å²) in [7, 11) is -3.67. The lowest BCUT2D eigenvalue weighted by Crippen LogP contribution is -2.31. The summed E-state index contributed by atoms with van der Waals surface area (Å²) in [5.74, 6) is 0.345. The maximum Gasteiger partial charge on any atom is 0.253 e. The van der Waals surface area contributed by atoms with Gasteiger partial charge in [0.1, 0.15) is 5.75 Å². The fourth-order valence-electron chi connectivity index (χ4n) is 2.75. The van der Waals surface area contributed by atoms with Gasteiger partial charge in [-0.1, -0.05) is 44.5 Å². The van der Waals surface area contributed by atoms with E-state index in [0.29, 0.717) is 19.7 Å². The number of nitrogens with one attached hydrogen (secondary N) is 1. The van der Waals surface area contributed by atoms with E-state index in [1.54, 1.807) is 13.8 Å². The van der Waals surface area contributed by atoms with Gasteiger partial charge in [0, 0.05) is 19.6 Å². The van der Waals surface area contributed by atoms with Crippen molar-refractivity contribution in [3.05, 3.63) is 58.6 Å². The van der Waals surface area contributed by atoms with Gasteiger partial charge >= 0.3 is 0 Å². The van der Waals surface area contributed by atoms with Crippen molar-refractivity contribution in [2.45, 2.75) is 38.6 Å². The van der Waals surface area contributed by atoms with Gasteiger partial charge in [0.15, 0.2) is 0 Å². The first-order valence-electron chi connectivity index (χ1n) is 9.63. The number of benzene rings is 2. The first-order valence-corrected chi connectivity index (χ1v) is 11.4. The van der Waals surface area contributed by atoms with E-state index in [-0.39, 0.29) is 22.0 Å². The highest BCUT2D eigenvalue weighted by Crippen LogP contribution is 2.23. The second-order valence-corrected chi connectivity index (χ2v) is 8.75. The van der Waals surface area contributed by atoms with Crippen molar-refractivity contribution in [1.29, 1.82) is 0 Å². The molecule has 0 aromatic heterocycles. The Morgan fingerprint density at radius 1 is 1.07 bits per heavy atom. The molecular formula is C21H27ClN2O4S. The van der Waals surface area contributed by atoms with Gasteiger partial charge in [0.05, 0.1) is 22.1 Å². The molecule has 0 saturated heterocycles. The first kappa shape index (κ1) is 23.2. The summed E-state index contributed by atoms with van der Waals surface area (Å²) in [6.07, 6.45) is 0.932. The lowest BCUT2D eigenvalue weighted by molar-refractivity contribution is 0.0951. The summed E-state index contributed by atoms with van der Waals surface area (Å²) in [6, 6.07) is 11.6. The smallest absolute Gasteiger partial charge is 0.253 e. The van der Waals surface area contributed by atoms with Crippen LogP contribution in [0.3, 0.4) is 0 Å². The van der Waals surface area contributed by atoms with Gasteiger partial charge < -0.3 is 10.1 Å². The minimum atomic E-state index is -3.67. The third-order valence-electron chi connectivity index (χ3n) is 4.37. The minimum absolute atomic E-state index is 0.0492. The normalized spacial score (nSPS) is 11.5. The van der Waals surface area contributed by atoms with E-state index in [9.17, 15) is 13.2 Å². The van der Waals surface area contributed by atoms with Crippen LogP contribution in [0.2, 0.25) is 5.02 Å². The Kier molecular flexibility index (Phi) is 8.49. The lowest BCUT2D eigenvalue weighted by Gasteiger charge is -2.19. The van der Waals surface area contributed by atoms with Crippen molar-refractivity contribution >= 4 is 27.5 Å². The van der Waals surface area contributed by atoms with Crippen molar-refractivity contribution in [3.8, 4) is 5.75 Å². The molecule has 0 unspecified atom stereocenters. The number of rotatable bonds is 10. The molecule has 0 aliphatic carbocycles. The SMILES string of the molecule is CCCOc1ccc(CNC(=O)c2cc(S(=O)(=O)N(CC)CC)ccc2Cl)cc1. The van der Waals surface area contributed by atoms with Gasteiger partial charge in [-0.05, 0) is 42.3 Å². The molecule has 1 amide bonds. The third kappa shape index (κ3) is 5.95. The molecule has 2 rings (SSSR count). The zero-order valence-corrected chi connectivity index (χ0v) is 18.5. The van der Waals surface area contributed by atoms with E-state index in [1.807, 2.05) is 31.2 Å². The molecule has 2 aromatic carbocycles. The highest BCUT2D eigenvalue weighted by molar-refractivity contribution is 7.89. The maximum absolute atomic E-state index is 12.7. The van der Waals surface area contributed by atoms with E-state index in [1.165, 1.54) is 22.5 Å². The first-order chi connectivity index (χ1) is 13.8. The summed E-state index contributed by atoms with van der Waals surface area (Å²) >= 11 is 6.15. The predicted molar refractivity (Wildman–Crippen MR) is 115 cm³/mol. The number of ether oxygens (including phenoxy) is 1. The number of amides is 1. The molecule has 0 fully saturated rings. The van der Waals surface area contributed by atoms with Crippen LogP contribution in [-0.4, -0.2) is 38.3 Å².